The molecular formula is C22H30N4O5. The summed E-state index contributed by atoms with van der Waals surface area (Å²) in [4.78, 5) is 50.6. The highest BCUT2D eigenvalue weighted by Gasteiger charge is 2.37. The van der Waals surface area contributed by atoms with Crippen molar-refractivity contribution in [1.29, 1.82) is 0 Å². The summed E-state index contributed by atoms with van der Waals surface area (Å²) in [5.41, 5.74) is 0.868. The molecule has 0 saturated carbocycles. The molecule has 3 rings (SSSR count). The molecule has 1 aromatic rings. The minimum atomic E-state index is -1.03. The van der Waals surface area contributed by atoms with Crippen molar-refractivity contribution in [2.45, 2.75) is 56.7 Å². The van der Waals surface area contributed by atoms with Crippen LogP contribution in [0.5, 0.6) is 0 Å². The van der Waals surface area contributed by atoms with E-state index in [0.29, 0.717) is 19.4 Å². The van der Waals surface area contributed by atoms with Gasteiger partial charge in [-0.3, -0.25) is 14.4 Å². The molecular weight excluding hydrogens is 400 g/mol. The molecule has 3 amide bonds. The van der Waals surface area contributed by atoms with Crippen LogP contribution in [0.15, 0.2) is 30.3 Å². The van der Waals surface area contributed by atoms with Gasteiger partial charge in [0.25, 0.3) is 0 Å². The fourth-order valence-corrected chi connectivity index (χ4v) is 4.13. The van der Waals surface area contributed by atoms with Crippen LogP contribution in [0.4, 0.5) is 0 Å². The Bertz CT molecular complexity index is 794. The van der Waals surface area contributed by atoms with Gasteiger partial charge in [-0.05, 0) is 37.8 Å². The number of nitrogens with zero attached hydrogens (tertiary/aromatic N) is 1. The SMILES string of the molecule is O=C(CCNC(=O)[C@@H]1CCCN1)N[C@H](Cc1ccccc1)C(=O)N1CCC[C@H]1C(=O)O. The first-order valence-corrected chi connectivity index (χ1v) is 10.8. The van der Waals surface area contributed by atoms with Crippen LogP contribution in [0.2, 0.25) is 0 Å². The molecule has 9 nitrogen and oxygen atoms in total. The van der Waals surface area contributed by atoms with E-state index in [2.05, 4.69) is 16.0 Å². The highest BCUT2D eigenvalue weighted by molar-refractivity contribution is 5.91. The average Bonchev–Trinajstić information content (AvgIpc) is 3.45. The minimum Gasteiger partial charge on any atom is -0.480 e. The van der Waals surface area contributed by atoms with E-state index in [4.69, 9.17) is 0 Å². The standard InChI is InChI=1S/C22H30N4O5/c27-19(10-12-24-20(28)16-8-4-11-23-16)25-17(14-15-6-2-1-3-7-15)21(29)26-13-5-9-18(26)22(30)31/h1-3,6-7,16-18,23H,4-5,8-14H2,(H,24,28)(H,25,27)(H,30,31)/t16-,17+,18-/m0/s1. The normalized spacial score (nSPS) is 21.5. The minimum absolute atomic E-state index is 0.0411. The largest absolute Gasteiger partial charge is 0.480 e. The second-order valence-corrected chi connectivity index (χ2v) is 8.03. The van der Waals surface area contributed by atoms with Crippen LogP contribution < -0.4 is 16.0 Å². The Balaban J connectivity index is 1.59. The molecule has 31 heavy (non-hydrogen) atoms. The van der Waals surface area contributed by atoms with Crippen molar-refractivity contribution < 1.29 is 24.3 Å². The Morgan fingerprint density at radius 2 is 1.90 bits per heavy atom. The van der Waals surface area contributed by atoms with Gasteiger partial charge in [0.05, 0.1) is 6.04 Å². The first-order valence-electron chi connectivity index (χ1n) is 10.8. The second-order valence-electron chi connectivity index (χ2n) is 8.03. The van der Waals surface area contributed by atoms with Gasteiger partial charge in [0.2, 0.25) is 17.7 Å². The van der Waals surface area contributed by atoms with Gasteiger partial charge < -0.3 is 26.0 Å². The summed E-state index contributed by atoms with van der Waals surface area (Å²) in [5, 5.41) is 18.0. The zero-order valence-electron chi connectivity index (χ0n) is 17.5. The summed E-state index contributed by atoms with van der Waals surface area (Å²) < 4.78 is 0. The average molecular weight is 431 g/mol. The summed E-state index contributed by atoms with van der Waals surface area (Å²) >= 11 is 0. The lowest BCUT2D eigenvalue weighted by Gasteiger charge is -2.27. The van der Waals surface area contributed by atoms with Crippen LogP contribution in [0.25, 0.3) is 0 Å². The van der Waals surface area contributed by atoms with Crippen LogP contribution in [0.3, 0.4) is 0 Å². The molecule has 0 aliphatic carbocycles. The lowest BCUT2D eigenvalue weighted by molar-refractivity contribution is -0.149. The third-order valence-corrected chi connectivity index (χ3v) is 5.76. The van der Waals surface area contributed by atoms with Gasteiger partial charge in [0.1, 0.15) is 12.1 Å². The predicted molar refractivity (Wildman–Crippen MR) is 113 cm³/mol. The van der Waals surface area contributed by atoms with Crippen molar-refractivity contribution in [3.05, 3.63) is 35.9 Å². The van der Waals surface area contributed by atoms with E-state index < -0.39 is 18.1 Å². The number of carboxylic acids is 1. The van der Waals surface area contributed by atoms with E-state index in [1.807, 2.05) is 30.3 Å². The van der Waals surface area contributed by atoms with Crippen LogP contribution in [0, 0.1) is 0 Å². The quantitative estimate of drug-likeness (QED) is 0.438. The summed E-state index contributed by atoms with van der Waals surface area (Å²) in [6.45, 7) is 1.35. The van der Waals surface area contributed by atoms with Gasteiger partial charge in [0, 0.05) is 25.9 Å². The molecule has 1 aromatic carbocycles. The number of carboxylic acid groups (broad SMARTS) is 1. The first kappa shape index (κ1) is 22.7. The molecule has 2 aliphatic heterocycles. The number of rotatable bonds is 9. The van der Waals surface area contributed by atoms with Gasteiger partial charge >= 0.3 is 5.97 Å². The summed E-state index contributed by atoms with van der Waals surface area (Å²) in [5.74, 6) is -1.90. The van der Waals surface area contributed by atoms with Gasteiger partial charge in [-0.15, -0.1) is 0 Å². The second kappa shape index (κ2) is 10.9. The summed E-state index contributed by atoms with van der Waals surface area (Å²) in [6, 6.07) is 7.35. The summed E-state index contributed by atoms with van der Waals surface area (Å²) in [6.07, 6.45) is 3.08. The number of hydrogen-bond acceptors (Lipinski definition) is 5. The van der Waals surface area contributed by atoms with Crippen molar-refractivity contribution >= 4 is 23.7 Å². The van der Waals surface area contributed by atoms with Gasteiger partial charge in [-0.2, -0.15) is 0 Å². The van der Waals surface area contributed by atoms with Crippen LogP contribution in [0.1, 0.15) is 37.7 Å². The number of amides is 3. The number of nitrogens with one attached hydrogen (secondary N) is 3. The fraction of sp³-hybridized carbons (Fsp3) is 0.545. The smallest absolute Gasteiger partial charge is 0.326 e. The van der Waals surface area contributed by atoms with E-state index in [1.54, 1.807) is 0 Å². The molecule has 9 heteroatoms. The van der Waals surface area contributed by atoms with Crippen LogP contribution >= 0.6 is 0 Å². The molecule has 2 heterocycles. The lowest BCUT2D eigenvalue weighted by Crippen LogP contribution is -2.53. The Labute approximate surface area is 181 Å². The molecule has 2 fully saturated rings. The van der Waals surface area contributed by atoms with Crippen molar-refractivity contribution in [2.24, 2.45) is 0 Å². The molecule has 2 saturated heterocycles. The molecule has 2 aliphatic rings. The topological polar surface area (TPSA) is 128 Å². The Kier molecular flexibility index (Phi) is 8.00. The van der Waals surface area contributed by atoms with Gasteiger partial charge in [0.15, 0.2) is 0 Å². The Morgan fingerprint density at radius 3 is 2.58 bits per heavy atom. The molecule has 4 N–H and O–H groups in total. The molecule has 168 valence electrons. The van der Waals surface area contributed by atoms with Gasteiger partial charge in [-0.25, -0.2) is 4.79 Å². The van der Waals surface area contributed by atoms with E-state index in [9.17, 15) is 24.3 Å². The van der Waals surface area contributed by atoms with Gasteiger partial charge in [-0.1, -0.05) is 30.3 Å². The highest BCUT2D eigenvalue weighted by Crippen LogP contribution is 2.19. The van der Waals surface area contributed by atoms with E-state index in [-0.39, 0.29) is 43.1 Å². The van der Waals surface area contributed by atoms with E-state index >= 15 is 0 Å². The lowest BCUT2D eigenvalue weighted by atomic mass is 10.0. The first-order chi connectivity index (χ1) is 15.0. The maximum Gasteiger partial charge on any atom is 0.326 e. The zero-order chi connectivity index (χ0) is 22.2. The van der Waals surface area contributed by atoms with Crippen molar-refractivity contribution in [3.63, 3.8) is 0 Å². The Morgan fingerprint density at radius 1 is 1.13 bits per heavy atom. The number of likely N-dealkylation sites (tertiary alicyclic amines) is 1. The third-order valence-electron chi connectivity index (χ3n) is 5.76. The van der Waals surface area contributed by atoms with E-state index in [1.165, 1.54) is 4.90 Å². The molecule has 0 radical (unpaired) electrons. The monoisotopic (exact) mass is 430 g/mol. The highest BCUT2D eigenvalue weighted by atomic mass is 16.4. The number of hydrogen-bond donors (Lipinski definition) is 4. The number of carbonyl (C=O) groups excluding carboxylic acids is 3. The number of aliphatic carboxylic acids is 1. The number of benzene rings is 1. The Hall–Kier alpha value is -2.94. The van der Waals surface area contributed by atoms with Crippen molar-refractivity contribution in [2.75, 3.05) is 19.6 Å². The molecule has 0 unspecified atom stereocenters. The van der Waals surface area contributed by atoms with Crippen molar-refractivity contribution in [3.8, 4) is 0 Å². The molecule has 0 aromatic heterocycles. The molecule has 0 spiro atoms. The van der Waals surface area contributed by atoms with Crippen LogP contribution in [-0.4, -0.2) is 71.5 Å². The molecule has 3 atom stereocenters. The zero-order valence-corrected chi connectivity index (χ0v) is 17.5. The predicted octanol–water partition coefficient (Wildman–Crippen LogP) is 0.0478. The fourth-order valence-electron chi connectivity index (χ4n) is 4.13. The maximum absolute atomic E-state index is 13.1. The maximum atomic E-state index is 13.1. The van der Waals surface area contributed by atoms with E-state index in [0.717, 1.165) is 24.9 Å². The molecule has 0 bridgehead atoms. The van der Waals surface area contributed by atoms with Crippen LogP contribution in [-0.2, 0) is 25.6 Å². The number of carbonyl (C=O) groups is 4. The summed E-state index contributed by atoms with van der Waals surface area (Å²) in [7, 11) is 0. The van der Waals surface area contributed by atoms with Crippen molar-refractivity contribution in [1.82, 2.24) is 20.9 Å². The third kappa shape index (κ3) is 6.27.